The van der Waals surface area contributed by atoms with Gasteiger partial charge in [-0.3, -0.25) is 9.78 Å². The van der Waals surface area contributed by atoms with Crippen molar-refractivity contribution in [3.8, 4) is 0 Å². The molecule has 4 nitrogen and oxygen atoms in total. The molecule has 0 fully saturated rings. The summed E-state index contributed by atoms with van der Waals surface area (Å²) in [7, 11) is 0. The summed E-state index contributed by atoms with van der Waals surface area (Å²) >= 11 is 0. The Hall–Kier alpha value is -0.840. The largest absolute Gasteiger partial charge is 0.466 e. The number of rotatable bonds is 5. The monoisotopic (exact) mass is 280 g/mol. The van der Waals surface area contributed by atoms with Crippen molar-refractivity contribution in [3.63, 3.8) is 0 Å². The molecule has 0 aromatic carbocycles. The van der Waals surface area contributed by atoms with Gasteiger partial charge in [0, 0.05) is 24.9 Å². The maximum absolute atomic E-state index is 11.1. The second kappa shape index (κ2) is 10.3. The van der Waals surface area contributed by atoms with Crippen molar-refractivity contribution in [2.75, 3.05) is 6.61 Å². The summed E-state index contributed by atoms with van der Waals surface area (Å²) in [5.41, 5.74) is 6.90. The van der Waals surface area contributed by atoms with E-state index >= 15 is 0 Å². The first-order chi connectivity index (χ1) is 7.24. The molecule has 0 spiro atoms. The summed E-state index contributed by atoms with van der Waals surface area (Å²) < 4.78 is 4.82. The summed E-state index contributed by atoms with van der Waals surface area (Å²) in [5, 5.41) is 0. The van der Waals surface area contributed by atoms with E-state index in [2.05, 4.69) is 4.98 Å². The van der Waals surface area contributed by atoms with Gasteiger partial charge in [-0.25, -0.2) is 0 Å². The van der Waals surface area contributed by atoms with Crippen LogP contribution < -0.4 is 5.73 Å². The molecule has 17 heavy (non-hydrogen) atoms. The van der Waals surface area contributed by atoms with Crippen LogP contribution in [-0.4, -0.2) is 17.6 Å². The Morgan fingerprint density at radius 1 is 1.41 bits per heavy atom. The molecule has 2 N–H and O–H groups in total. The van der Waals surface area contributed by atoms with Crippen molar-refractivity contribution < 1.29 is 9.53 Å². The molecule has 1 rings (SSSR count). The fraction of sp³-hybridized carbons (Fsp3) is 0.455. The van der Waals surface area contributed by atoms with Crippen LogP contribution in [-0.2, 0) is 9.53 Å². The third-order valence-corrected chi connectivity index (χ3v) is 2.10. The molecule has 1 heterocycles. The summed E-state index contributed by atoms with van der Waals surface area (Å²) in [6.07, 6.45) is 4.35. The molecule has 1 unspecified atom stereocenters. The number of ether oxygens (including phenoxy) is 1. The predicted molar refractivity (Wildman–Crippen MR) is 71.5 cm³/mol. The Labute approximate surface area is 114 Å². The van der Waals surface area contributed by atoms with Gasteiger partial charge in [0.25, 0.3) is 0 Å². The van der Waals surface area contributed by atoms with Crippen LogP contribution in [0, 0.1) is 0 Å². The molecular weight excluding hydrogens is 263 g/mol. The standard InChI is InChI=1S/C11H16N2O2.2ClH/c1-2-15-11(14)4-3-10(12)9-5-7-13-8-6-9;;/h5-8,10H,2-4,12H2,1H3;2*1H. The molecule has 0 radical (unpaired) electrons. The normalized spacial score (nSPS) is 10.7. The van der Waals surface area contributed by atoms with Crippen LogP contribution in [0.1, 0.15) is 31.4 Å². The highest BCUT2D eigenvalue weighted by molar-refractivity contribution is 5.85. The highest BCUT2D eigenvalue weighted by Gasteiger charge is 2.09. The minimum atomic E-state index is -0.193. The molecule has 1 aromatic rings. The third-order valence-electron chi connectivity index (χ3n) is 2.10. The molecule has 1 aromatic heterocycles. The molecule has 0 saturated carbocycles. The topological polar surface area (TPSA) is 65.2 Å². The van der Waals surface area contributed by atoms with Crippen molar-refractivity contribution in [2.24, 2.45) is 5.73 Å². The van der Waals surface area contributed by atoms with Gasteiger partial charge >= 0.3 is 5.97 Å². The van der Waals surface area contributed by atoms with E-state index in [9.17, 15) is 4.79 Å². The SMILES string of the molecule is CCOC(=O)CCC(N)c1ccncc1.Cl.Cl. The van der Waals surface area contributed by atoms with E-state index in [1.54, 1.807) is 19.3 Å². The number of hydrogen-bond acceptors (Lipinski definition) is 4. The fourth-order valence-corrected chi connectivity index (χ4v) is 1.28. The van der Waals surface area contributed by atoms with E-state index < -0.39 is 0 Å². The number of nitrogens with two attached hydrogens (primary N) is 1. The molecule has 0 saturated heterocycles. The van der Waals surface area contributed by atoms with Crippen molar-refractivity contribution >= 4 is 30.8 Å². The Morgan fingerprint density at radius 3 is 2.53 bits per heavy atom. The number of esters is 1. The Balaban J connectivity index is 0. The van der Waals surface area contributed by atoms with Crippen LogP contribution in [0.25, 0.3) is 0 Å². The third kappa shape index (κ3) is 7.15. The molecule has 0 aliphatic rings. The van der Waals surface area contributed by atoms with E-state index in [1.807, 2.05) is 12.1 Å². The zero-order chi connectivity index (χ0) is 11.1. The molecule has 1 atom stereocenters. The maximum atomic E-state index is 11.1. The van der Waals surface area contributed by atoms with Crippen LogP contribution in [0.2, 0.25) is 0 Å². The number of hydrogen-bond donors (Lipinski definition) is 1. The summed E-state index contributed by atoms with van der Waals surface area (Å²) in [6.45, 7) is 2.21. The van der Waals surface area contributed by atoms with E-state index in [4.69, 9.17) is 10.5 Å². The minimum absolute atomic E-state index is 0. The Morgan fingerprint density at radius 2 is 2.00 bits per heavy atom. The van der Waals surface area contributed by atoms with E-state index in [0.717, 1.165) is 5.56 Å². The molecule has 0 aliphatic heterocycles. The van der Waals surface area contributed by atoms with Gasteiger partial charge in [0.05, 0.1) is 6.61 Å². The average molecular weight is 281 g/mol. The molecule has 0 amide bonds. The minimum Gasteiger partial charge on any atom is -0.466 e. The van der Waals surface area contributed by atoms with Gasteiger partial charge in [-0.2, -0.15) is 0 Å². The average Bonchev–Trinajstić information content (AvgIpc) is 2.27. The molecule has 0 bridgehead atoms. The summed E-state index contributed by atoms with van der Waals surface area (Å²) in [6, 6.07) is 3.59. The van der Waals surface area contributed by atoms with Crippen molar-refractivity contribution in [2.45, 2.75) is 25.8 Å². The molecule has 6 heteroatoms. The second-order valence-electron chi connectivity index (χ2n) is 3.23. The highest BCUT2D eigenvalue weighted by Crippen LogP contribution is 2.14. The lowest BCUT2D eigenvalue weighted by Gasteiger charge is -2.10. The van der Waals surface area contributed by atoms with E-state index in [0.29, 0.717) is 19.4 Å². The van der Waals surface area contributed by atoms with Gasteiger partial charge in [0.1, 0.15) is 0 Å². The number of halogens is 2. The highest BCUT2D eigenvalue weighted by atomic mass is 35.5. The lowest BCUT2D eigenvalue weighted by Crippen LogP contribution is -2.13. The molecule has 98 valence electrons. The number of nitrogens with zero attached hydrogens (tertiary/aromatic N) is 1. The van der Waals surface area contributed by atoms with Crippen LogP contribution in [0.5, 0.6) is 0 Å². The zero-order valence-corrected chi connectivity index (χ0v) is 11.3. The first-order valence-electron chi connectivity index (χ1n) is 5.05. The summed E-state index contributed by atoms with van der Waals surface area (Å²) in [4.78, 5) is 15.0. The summed E-state index contributed by atoms with van der Waals surface area (Å²) in [5.74, 6) is -0.193. The molecular formula is C11H18Cl2N2O2. The predicted octanol–water partition coefficient (Wildman–Crippen LogP) is 2.27. The smallest absolute Gasteiger partial charge is 0.305 e. The first-order valence-corrected chi connectivity index (χ1v) is 5.05. The maximum Gasteiger partial charge on any atom is 0.305 e. The Kier molecular flexibility index (Phi) is 11.2. The number of carbonyl (C=O) groups excluding carboxylic acids is 1. The zero-order valence-electron chi connectivity index (χ0n) is 9.67. The van der Waals surface area contributed by atoms with Crippen LogP contribution in [0.15, 0.2) is 24.5 Å². The van der Waals surface area contributed by atoms with Crippen molar-refractivity contribution in [3.05, 3.63) is 30.1 Å². The Bertz CT molecular complexity index is 310. The quantitative estimate of drug-likeness (QED) is 0.841. The lowest BCUT2D eigenvalue weighted by atomic mass is 10.0. The first kappa shape index (κ1) is 18.5. The van der Waals surface area contributed by atoms with E-state index in [-0.39, 0.29) is 36.8 Å². The van der Waals surface area contributed by atoms with Crippen LogP contribution >= 0.6 is 24.8 Å². The molecule has 0 aliphatic carbocycles. The number of pyridine rings is 1. The van der Waals surface area contributed by atoms with Crippen LogP contribution in [0.4, 0.5) is 0 Å². The van der Waals surface area contributed by atoms with Gasteiger partial charge in [-0.1, -0.05) is 0 Å². The fourth-order valence-electron chi connectivity index (χ4n) is 1.28. The van der Waals surface area contributed by atoms with Crippen molar-refractivity contribution in [1.29, 1.82) is 0 Å². The van der Waals surface area contributed by atoms with Crippen molar-refractivity contribution in [1.82, 2.24) is 4.98 Å². The van der Waals surface area contributed by atoms with Gasteiger partial charge in [0.2, 0.25) is 0 Å². The number of aromatic nitrogens is 1. The van der Waals surface area contributed by atoms with Gasteiger partial charge in [-0.05, 0) is 31.0 Å². The van der Waals surface area contributed by atoms with Gasteiger partial charge in [0.15, 0.2) is 0 Å². The van der Waals surface area contributed by atoms with Gasteiger partial charge < -0.3 is 10.5 Å². The second-order valence-corrected chi connectivity index (χ2v) is 3.23. The number of carbonyl (C=O) groups is 1. The van der Waals surface area contributed by atoms with Gasteiger partial charge in [-0.15, -0.1) is 24.8 Å². The lowest BCUT2D eigenvalue weighted by molar-refractivity contribution is -0.143. The van der Waals surface area contributed by atoms with Crippen LogP contribution in [0.3, 0.4) is 0 Å². The van der Waals surface area contributed by atoms with E-state index in [1.165, 1.54) is 0 Å².